The maximum Gasteiger partial charge on any atom is 0.266 e. The van der Waals surface area contributed by atoms with E-state index in [1.54, 1.807) is 18.2 Å². The molecule has 0 atom stereocenters. The van der Waals surface area contributed by atoms with E-state index in [0.717, 1.165) is 16.0 Å². The number of thiophene rings is 1. The molecule has 0 spiro atoms. The summed E-state index contributed by atoms with van der Waals surface area (Å²) in [6.07, 6.45) is 0. The van der Waals surface area contributed by atoms with E-state index < -0.39 is 10.0 Å². The van der Waals surface area contributed by atoms with Crippen molar-refractivity contribution in [1.82, 2.24) is 14.5 Å². The number of sulfonamides is 1. The molecule has 0 aliphatic heterocycles. The predicted molar refractivity (Wildman–Crippen MR) is 103 cm³/mol. The molecule has 2 heterocycles. The Labute approximate surface area is 156 Å². The maximum absolute atomic E-state index is 12.4. The number of hydrogen-bond acceptors (Lipinski definition) is 5. The average Bonchev–Trinajstić information content (AvgIpc) is 3.10. The third kappa shape index (κ3) is 4.27. The van der Waals surface area contributed by atoms with Crippen LogP contribution >= 0.6 is 11.3 Å². The number of benzene rings is 1. The van der Waals surface area contributed by atoms with Crippen molar-refractivity contribution in [1.29, 1.82) is 0 Å². The van der Waals surface area contributed by atoms with Crippen molar-refractivity contribution in [3.63, 3.8) is 0 Å². The number of nitrogens with one attached hydrogen (secondary N) is 1. The molecule has 0 amide bonds. The summed E-state index contributed by atoms with van der Waals surface area (Å²) in [5.74, 6) is 0. The lowest BCUT2D eigenvalue weighted by Gasteiger charge is -2.10. The first kappa shape index (κ1) is 18.5. The lowest BCUT2D eigenvalue weighted by Crippen LogP contribution is -2.32. The van der Waals surface area contributed by atoms with Crippen LogP contribution in [0.5, 0.6) is 0 Å². The summed E-state index contributed by atoms with van der Waals surface area (Å²) in [5, 5.41) is 6.25. The van der Waals surface area contributed by atoms with E-state index in [9.17, 15) is 13.2 Å². The highest BCUT2D eigenvalue weighted by atomic mass is 32.2. The average molecular weight is 390 g/mol. The minimum absolute atomic E-state index is 0.0795. The highest BCUT2D eigenvalue weighted by Gasteiger charge is 2.14. The van der Waals surface area contributed by atoms with Gasteiger partial charge in [-0.05, 0) is 54.6 Å². The lowest BCUT2D eigenvalue weighted by molar-refractivity contribution is 0.549. The molecule has 8 heteroatoms. The molecule has 0 bridgehead atoms. The molecule has 2 aromatic heterocycles. The van der Waals surface area contributed by atoms with Crippen LogP contribution in [-0.4, -0.2) is 24.7 Å². The van der Waals surface area contributed by atoms with E-state index in [2.05, 4.69) is 9.82 Å². The first-order valence-electron chi connectivity index (χ1n) is 8.05. The van der Waals surface area contributed by atoms with Gasteiger partial charge >= 0.3 is 0 Å². The maximum atomic E-state index is 12.4. The zero-order chi connectivity index (χ0) is 18.7. The van der Waals surface area contributed by atoms with Gasteiger partial charge < -0.3 is 0 Å². The number of aryl methyl sites for hydroxylation is 2. The van der Waals surface area contributed by atoms with Gasteiger partial charge in [0.1, 0.15) is 5.69 Å². The van der Waals surface area contributed by atoms with Crippen LogP contribution in [0, 0.1) is 13.8 Å². The zero-order valence-corrected chi connectivity index (χ0v) is 16.1. The summed E-state index contributed by atoms with van der Waals surface area (Å²) in [6.45, 7) is 3.94. The van der Waals surface area contributed by atoms with Crippen LogP contribution in [0.3, 0.4) is 0 Å². The minimum Gasteiger partial charge on any atom is -0.268 e. The van der Waals surface area contributed by atoms with Crippen molar-refractivity contribution in [3.8, 4) is 10.6 Å². The van der Waals surface area contributed by atoms with Crippen LogP contribution in [0.4, 0.5) is 0 Å². The molecule has 6 nitrogen and oxygen atoms in total. The topological polar surface area (TPSA) is 81.1 Å². The predicted octanol–water partition coefficient (Wildman–Crippen LogP) is 2.57. The smallest absolute Gasteiger partial charge is 0.266 e. The molecular weight excluding hydrogens is 370 g/mol. The minimum atomic E-state index is -3.63. The van der Waals surface area contributed by atoms with Crippen LogP contribution < -0.4 is 10.3 Å². The summed E-state index contributed by atoms with van der Waals surface area (Å²) < 4.78 is 28.7. The van der Waals surface area contributed by atoms with Crippen molar-refractivity contribution in [2.45, 2.75) is 25.3 Å². The van der Waals surface area contributed by atoms with E-state index in [0.29, 0.717) is 5.69 Å². The van der Waals surface area contributed by atoms with Crippen molar-refractivity contribution >= 4 is 21.4 Å². The normalized spacial score (nSPS) is 11.6. The van der Waals surface area contributed by atoms with Crippen molar-refractivity contribution in [3.05, 3.63) is 69.3 Å². The molecular formula is C18H19N3O3S2. The molecule has 3 aromatic rings. The summed E-state index contributed by atoms with van der Waals surface area (Å²) in [7, 11) is -3.63. The standard InChI is InChI=1S/C18H19N3O3S2/c1-13-10-14(2)12-15(11-13)26(23,24)19-7-8-21-18(22)6-5-16(20-21)17-4-3-9-25-17/h3-6,9-12,19H,7-8H2,1-2H3. The Hall–Kier alpha value is -2.29. The number of nitrogens with zero attached hydrogens (tertiary/aromatic N) is 2. The van der Waals surface area contributed by atoms with Gasteiger partial charge in [-0.3, -0.25) is 4.79 Å². The molecule has 136 valence electrons. The number of rotatable bonds is 6. The highest BCUT2D eigenvalue weighted by molar-refractivity contribution is 7.89. The van der Waals surface area contributed by atoms with E-state index in [1.165, 1.54) is 22.1 Å². The van der Waals surface area contributed by atoms with Gasteiger partial charge in [-0.25, -0.2) is 17.8 Å². The number of hydrogen-bond donors (Lipinski definition) is 1. The van der Waals surface area contributed by atoms with Gasteiger partial charge in [0.05, 0.1) is 16.3 Å². The van der Waals surface area contributed by atoms with Gasteiger partial charge in [0.2, 0.25) is 10.0 Å². The molecule has 1 aromatic carbocycles. The van der Waals surface area contributed by atoms with Gasteiger partial charge in [-0.2, -0.15) is 5.10 Å². The molecule has 0 saturated heterocycles. The second kappa shape index (κ2) is 7.53. The zero-order valence-electron chi connectivity index (χ0n) is 14.5. The monoisotopic (exact) mass is 389 g/mol. The molecule has 3 rings (SSSR count). The third-order valence-electron chi connectivity index (χ3n) is 3.76. The summed E-state index contributed by atoms with van der Waals surface area (Å²) >= 11 is 1.53. The Balaban J connectivity index is 1.73. The van der Waals surface area contributed by atoms with Crippen LogP contribution in [0.2, 0.25) is 0 Å². The molecule has 26 heavy (non-hydrogen) atoms. The SMILES string of the molecule is Cc1cc(C)cc(S(=O)(=O)NCCn2nc(-c3cccs3)ccc2=O)c1. The largest absolute Gasteiger partial charge is 0.268 e. The van der Waals surface area contributed by atoms with E-state index in [4.69, 9.17) is 0 Å². The first-order valence-corrected chi connectivity index (χ1v) is 10.4. The van der Waals surface area contributed by atoms with Crippen molar-refractivity contribution in [2.24, 2.45) is 0 Å². The quantitative estimate of drug-likeness (QED) is 0.703. The molecule has 0 fully saturated rings. The summed E-state index contributed by atoms with van der Waals surface area (Å²) in [6, 6.07) is 12.1. The van der Waals surface area contributed by atoms with Crippen LogP contribution in [0.15, 0.2) is 57.5 Å². The Bertz CT molecular complexity index is 1050. The van der Waals surface area contributed by atoms with E-state index in [-0.39, 0.29) is 23.5 Å². The van der Waals surface area contributed by atoms with Crippen LogP contribution in [0.1, 0.15) is 11.1 Å². The summed E-state index contributed by atoms with van der Waals surface area (Å²) in [4.78, 5) is 13.2. The fourth-order valence-electron chi connectivity index (χ4n) is 2.62. The van der Waals surface area contributed by atoms with Gasteiger partial charge in [0.25, 0.3) is 5.56 Å². The van der Waals surface area contributed by atoms with E-state index in [1.807, 2.05) is 37.4 Å². The summed E-state index contributed by atoms with van der Waals surface area (Å²) in [5.41, 5.74) is 2.19. The second-order valence-corrected chi connectivity index (χ2v) is 8.69. The van der Waals surface area contributed by atoms with Crippen LogP contribution in [0.25, 0.3) is 10.6 Å². The molecule has 1 N–H and O–H groups in total. The fourth-order valence-corrected chi connectivity index (χ4v) is 4.52. The van der Waals surface area contributed by atoms with Crippen LogP contribution in [-0.2, 0) is 16.6 Å². The Kier molecular flexibility index (Phi) is 5.36. The van der Waals surface area contributed by atoms with Crippen molar-refractivity contribution < 1.29 is 8.42 Å². The molecule has 0 radical (unpaired) electrons. The van der Waals surface area contributed by atoms with E-state index >= 15 is 0 Å². The Morgan fingerprint density at radius 3 is 2.50 bits per heavy atom. The van der Waals surface area contributed by atoms with Gasteiger partial charge in [0, 0.05) is 12.6 Å². The Morgan fingerprint density at radius 2 is 1.85 bits per heavy atom. The van der Waals surface area contributed by atoms with Crippen molar-refractivity contribution in [2.75, 3.05) is 6.54 Å². The first-order chi connectivity index (χ1) is 12.3. The van der Waals surface area contributed by atoms with Gasteiger partial charge in [-0.15, -0.1) is 11.3 Å². The third-order valence-corrected chi connectivity index (χ3v) is 6.09. The molecule has 0 aliphatic carbocycles. The highest BCUT2D eigenvalue weighted by Crippen LogP contribution is 2.21. The van der Waals surface area contributed by atoms with Gasteiger partial charge in [0.15, 0.2) is 0 Å². The molecule has 0 saturated carbocycles. The van der Waals surface area contributed by atoms with Gasteiger partial charge in [-0.1, -0.05) is 12.1 Å². The lowest BCUT2D eigenvalue weighted by atomic mass is 10.2. The number of aromatic nitrogens is 2. The molecule has 0 unspecified atom stereocenters. The second-order valence-electron chi connectivity index (χ2n) is 5.98. The Morgan fingerprint density at radius 1 is 1.12 bits per heavy atom. The fraction of sp³-hybridized carbons (Fsp3) is 0.222. The molecule has 0 aliphatic rings.